The van der Waals surface area contributed by atoms with Gasteiger partial charge in [0.05, 0.1) is 19.3 Å². The summed E-state index contributed by atoms with van der Waals surface area (Å²) in [5.41, 5.74) is 0. The molecule has 1 aliphatic carbocycles. The van der Waals surface area contributed by atoms with Crippen LogP contribution in [0.25, 0.3) is 0 Å². The summed E-state index contributed by atoms with van der Waals surface area (Å²) in [5, 5.41) is 6.59. The fourth-order valence-electron chi connectivity index (χ4n) is 2.51. The number of anilines is 2. The van der Waals surface area contributed by atoms with Crippen molar-refractivity contribution >= 4 is 11.6 Å². The SMILES string of the molecule is CCNc1ncnc(NC2CCCC2OC)c1OC. The van der Waals surface area contributed by atoms with Gasteiger partial charge in [-0.2, -0.15) is 0 Å². The molecule has 1 heterocycles. The van der Waals surface area contributed by atoms with Gasteiger partial charge >= 0.3 is 0 Å². The van der Waals surface area contributed by atoms with E-state index in [1.807, 2.05) is 6.92 Å². The van der Waals surface area contributed by atoms with Crippen molar-refractivity contribution in [1.29, 1.82) is 0 Å². The van der Waals surface area contributed by atoms with E-state index in [1.165, 1.54) is 6.42 Å². The summed E-state index contributed by atoms with van der Waals surface area (Å²) >= 11 is 0. The van der Waals surface area contributed by atoms with Gasteiger partial charge in [-0.05, 0) is 26.2 Å². The minimum absolute atomic E-state index is 0.238. The summed E-state index contributed by atoms with van der Waals surface area (Å²) in [4.78, 5) is 8.48. The maximum absolute atomic E-state index is 5.48. The molecule has 19 heavy (non-hydrogen) atoms. The highest BCUT2D eigenvalue weighted by Crippen LogP contribution is 2.32. The number of ether oxygens (including phenoxy) is 2. The number of aromatic nitrogens is 2. The number of nitrogens with one attached hydrogen (secondary N) is 2. The van der Waals surface area contributed by atoms with Crippen molar-refractivity contribution in [2.45, 2.75) is 38.3 Å². The summed E-state index contributed by atoms with van der Waals surface area (Å²) in [6, 6.07) is 0.281. The molecule has 2 atom stereocenters. The molecule has 1 saturated carbocycles. The highest BCUT2D eigenvalue weighted by atomic mass is 16.5. The number of nitrogens with zero attached hydrogens (tertiary/aromatic N) is 2. The van der Waals surface area contributed by atoms with Crippen molar-refractivity contribution < 1.29 is 9.47 Å². The Labute approximate surface area is 113 Å². The second kappa shape index (κ2) is 6.56. The van der Waals surface area contributed by atoms with Crippen molar-refractivity contribution in [3.63, 3.8) is 0 Å². The molecule has 0 radical (unpaired) electrons. The smallest absolute Gasteiger partial charge is 0.204 e. The van der Waals surface area contributed by atoms with Crippen molar-refractivity contribution in [3.05, 3.63) is 6.33 Å². The molecule has 0 bridgehead atoms. The average molecular weight is 266 g/mol. The van der Waals surface area contributed by atoms with Gasteiger partial charge in [-0.3, -0.25) is 0 Å². The number of hydrogen-bond acceptors (Lipinski definition) is 6. The normalized spacial score (nSPS) is 22.3. The molecule has 2 unspecified atom stereocenters. The lowest BCUT2D eigenvalue weighted by molar-refractivity contribution is 0.101. The fraction of sp³-hybridized carbons (Fsp3) is 0.692. The van der Waals surface area contributed by atoms with Crippen LogP contribution in [0.1, 0.15) is 26.2 Å². The summed E-state index contributed by atoms with van der Waals surface area (Å²) in [6.07, 6.45) is 5.12. The largest absolute Gasteiger partial charge is 0.490 e. The van der Waals surface area contributed by atoms with Gasteiger partial charge in [0.25, 0.3) is 0 Å². The molecule has 1 aliphatic rings. The van der Waals surface area contributed by atoms with Crippen LogP contribution in [0, 0.1) is 0 Å². The molecule has 0 saturated heterocycles. The molecule has 0 aliphatic heterocycles. The maximum Gasteiger partial charge on any atom is 0.204 e. The summed E-state index contributed by atoms with van der Waals surface area (Å²) < 4.78 is 10.9. The van der Waals surface area contributed by atoms with Crippen molar-refractivity contribution in [1.82, 2.24) is 9.97 Å². The first-order chi connectivity index (χ1) is 9.30. The van der Waals surface area contributed by atoms with E-state index in [4.69, 9.17) is 9.47 Å². The molecule has 6 heteroatoms. The molecule has 1 aromatic rings. The Morgan fingerprint density at radius 2 is 2.05 bits per heavy atom. The van der Waals surface area contributed by atoms with E-state index in [9.17, 15) is 0 Å². The highest BCUT2D eigenvalue weighted by Gasteiger charge is 2.28. The van der Waals surface area contributed by atoms with Gasteiger partial charge in [0, 0.05) is 13.7 Å². The minimum Gasteiger partial charge on any atom is -0.490 e. The van der Waals surface area contributed by atoms with E-state index < -0.39 is 0 Å². The number of hydrogen-bond donors (Lipinski definition) is 2. The predicted octanol–water partition coefficient (Wildman–Crippen LogP) is 1.90. The molecule has 106 valence electrons. The third kappa shape index (κ3) is 3.07. The summed E-state index contributed by atoms with van der Waals surface area (Å²) in [7, 11) is 3.39. The molecular formula is C13H22N4O2. The lowest BCUT2D eigenvalue weighted by atomic mass is 10.2. The molecule has 1 aromatic heterocycles. The Morgan fingerprint density at radius 3 is 2.74 bits per heavy atom. The van der Waals surface area contributed by atoms with Crippen LogP contribution < -0.4 is 15.4 Å². The number of methoxy groups -OCH3 is 2. The standard InChI is InChI=1S/C13H22N4O2/c1-4-14-12-11(19-3)13(16-8-15-12)17-9-6-5-7-10(9)18-2/h8-10H,4-7H2,1-3H3,(H2,14,15,16,17). The molecule has 2 N–H and O–H groups in total. The van der Waals surface area contributed by atoms with Crippen molar-refractivity contribution in [2.75, 3.05) is 31.4 Å². The first-order valence-corrected chi connectivity index (χ1v) is 6.72. The molecule has 6 nitrogen and oxygen atoms in total. The van der Waals surface area contributed by atoms with Crippen LogP contribution in [0.15, 0.2) is 6.33 Å². The van der Waals surface area contributed by atoms with Crippen LogP contribution in [-0.4, -0.2) is 42.9 Å². The van der Waals surface area contributed by atoms with E-state index in [2.05, 4.69) is 20.6 Å². The molecule has 1 fully saturated rings. The second-order valence-corrected chi connectivity index (χ2v) is 4.59. The molecule has 0 spiro atoms. The summed E-state index contributed by atoms with van der Waals surface area (Å²) in [6.45, 7) is 2.81. The van der Waals surface area contributed by atoms with Gasteiger partial charge in [-0.15, -0.1) is 0 Å². The monoisotopic (exact) mass is 266 g/mol. The zero-order chi connectivity index (χ0) is 13.7. The fourth-order valence-corrected chi connectivity index (χ4v) is 2.51. The summed E-state index contributed by atoms with van der Waals surface area (Å²) in [5.74, 6) is 2.10. The Hall–Kier alpha value is -1.56. The Morgan fingerprint density at radius 1 is 1.26 bits per heavy atom. The van der Waals surface area contributed by atoms with E-state index >= 15 is 0 Å². The predicted molar refractivity (Wildman–Crippen MR) is 74.8 cm³/mol. The number of rotatable bonds is 6. The van der Waals surface area contributed by atoms with E-state index in [0.29, 0.717) is 5.75 Å². The maximum atomic E-state index is 5.48. The van der Waals surface area contributed by atoms with Crippen molar-refractivity contribution in [3.8, 4) is 5.75 Å². The topological polar surface area (TPSA) is 68.3 Å². The highest BCUT2D eigenvalue weighted by molar-refractivity contribution is 5.63. The van der Waals surface area contributed by atoms with Gasteiger partial charge in [0.2, 0.25) is 5.75 Å². The zero-order valence-electron chi connectivity index (χ0n) is 11.8. The van der Waals surface area contributed by atoms with Gasteiger partial charge in [0.1, 0.15) is 6.33 Å². The third-order valence-corrected chi connectivity index (χ3v) is 3.43. The van der Waals surface area contributed by atoms with E-state index in [0.717, 1.165) is 31.0 Å². The Bertz CT molecular complexity index is 414. The van der Waals surface area contributed by atoms with E-state index in [1.54, 1.807) is 20.5 Å². The minimum atomic E-state index is 0.238. The molecule has 2 rings (SSSR count). The quantitative estimate of drug-likeness (QED) is 0.819. The Kier molecular flexibility index (Phi) is 4.79. The first kappa shape index (κ1) is 13.9. The average Bonchev–Trinajstić information content (AvgIpc) is 2.87. The molecule has 0 aromatic carbocycles. The lowest BCUT2D eigenvalue weighted by Crippen LogP contribution is -2.30. The van der Waals surface area contributed by atoms with Gasteiger partial charge in [0.15, 0.2) is 11.6 Å². The van der Waals surface area contributed by atoms with Gasteiger partial charge in [-0.1, -0.05) is 0 Å². The van der Waals surface area contributed by atoms with Crippen LogP contribution in [-0.2, 0) is 4.74 Å². The van der Waals surface area contributed by atoms with Gasteiger partial charge < -0.3 is 20.1 Å². The lowest BCUT2D eigenvalue weighted by Gasteiger charge is -2.21. The third-order valence-electron chi connectivity index (χ3n) is 3.43. The van der Waals surface area contributed by atoms with Crippen LogP contribution in [0.2, 0.25) is 0 Å². The van der Waals surface area contributed by atoms with Crippen LogP contribution in [0.5, 0.6) is 5.75 Å². The van der Waals surface area contributed by atoms with Crippen LogP contribution >= 0.6 is 0 Å². The van der Waals surface area contributed by atoms with Crippen molar-refractivity contribution in [2.24, 2.45) is 0 Å². The van der Waals surface area contributed by atoms with Crippen LogP contribution in [0.3, 0.4) is 0 Å². The van der Waals surface area contributed by atoms with Gasteiger partial charge in [-0.25, -0.2) is 9.97 Å². The zero-order valence-corrected chi connectivity index (χ0v) is 11.8. The van der Waals surface area contributed by atoms with E-state index in [-0.39, 0.29) is 12.1 Å². The molecular weight excluding hydrogens is 244 g/mol. The first-order valence-electron chi connectivity index (χ1n) is 6.72. The van der Waals surface area contributed by atoms with Crippen LogP contribution in [0.4, 0.5) is 11.6 Å². The second-order valence-electron chi connectivity index (χ2n) is 4.59. The molecule has 0 amide bonds. The Balaban J connectivity index is 2.17.